The van der Waals surface area contributed by atoms with Gasteiger partial charge in [0.2, 0.25) is 0 Å². The van der Waals surface area contributed by atoms with Crippen molar-refractivity contribution in [3.63, 3.8) is 0 Å². The molecule has 0 radical (unpaired) electrons. The van der Waals surface area contributed by atoms with Crippen molar-refractivity contribution < 1.29 is 4.74 Å². The Morgan fingerprint density at radius 1 is 1.25 bits per heavy atom. The molecule has 3 fully saturated rings. The number of aromatic nitrogens is 1. The van der Waals surface area contributed by atoms with Crippen LogP contribution in [0.25, 0.3) is 0 Å². The third kappa shape index (κ3) is 5.27. The number of rotatable bonds is 4. The molecule has 1 aromatic heterocycles. The van der Waals surface area contributed by atoms with E-state index in [4.69, 9.17) is 9.73 Å². The number of morpholine rings is 1. The first kappa shape index (κ1) is 21.6. The second kappa shape index (κ2) is 10.6. The van der Waals surface area contributed by atoms with E-state index in [1.807, 2.05) is 12.3 Å². The van der Waals surface area contributed by atoms with Crippen LogP contribution in [0.1, 0.15) is 19.8 Å². The van der Waals surface area contributed by atoms with Crippen LogP contribution in [0.2, 0.25) is 0 Å². The molecule has 3 aliphatic rings. The van der Waals surface area contributed by atoms with Crippen LogP contribution < -0.4 is 10.2 Å². The molecule has 7 nitrogen and oxygen atoms in total. The first-order valence-electron chi connectivity index (χ1n) is 10.4. The summed E-state index contributed by atoms with van der Waals surface area (Å²) in [4.78, 5) is 16.7. The molecule has 3 saturated heterocycles. The minimum absolute atomic E-state index is 0. The lowest BCUT2D eigenvalue weighted by Gasteiger charge is -2.37. The zero-order valence-corrected chi connectivity index (χ0v) is 19.1. The van der Waals surface area contributed by atoms with Crippen LogP contribution in [0.3, 0.4) is 0 Å². The van der Waals surface area contributed by atoms with Crippen molar-refractivity contribution in [3.8, 4) is 0 Å². The Bertz CT molecular complexity index is 622. The fourth-order valence-electron chi connectivity index (χ4n) is 4.30. The molecule has 1 N–H and O–H groups in total. The number of anilines is 1. The number of nitrogens with zero attached hydrogens (tertiary/aromatic N) is 5. The van der Waals surface area contributed by atoms with Gasteiger partial charge in [-0.05, 0) is 38.4 Å². The van der Waals surface area contributed by atoms with E-state index in [0.717, 1.165) is 64.2 Å². The van der Waals surface area contributed by atoms with Crippen LogP contribution in [0.4, 0.5) is 5.82 Å². The predicted octanol–water partition coefficient (Wildman–Crippen LogP) is 1.65. The van der Waals surface area contributed by atoms with Gasteiger partial charge in [-0.3, -0.25) is 9.89 Å². The molecule has 4 heterocycles. The highest BCUT2D eigenvalue weighted by Crippen LogP contribution is 2.22. The van der Waals surface area contributed by atoms with Crippen molar-refractivity contribution in [3.05, 3.63) is 24.4 Å². The summed E-state index contributed by atoms with van der Waals surface area (Å²) in [6.07, 6.45) is 4.69. The summed E-state index contributed by atoms with van der Waals surface area (Å²) in [5.74, 6) is 2.08. The molecule has 0 amide bonds. The maximum Gasteiger partial charge on any atom is 0.194 e. The highest BCUT2D eigenvalue weighted by Gasteiger charge is 2.32. The number of guanidine groups is 1. The molecule has 4 rings (SSSR count). The topological polar surface area (TPSA) is 56.2 Å². The van der Waals surface area contributed by atoms with Crippen molar-refractivity contribution in [1.29, 1.82) is 0 Å². The minimum atomic E-state index is 0. The summed E-state index contributed by atoms with van der Waals surface area (Å²) in [6, 6.07) is 6.75. The van der Waals surface area contributed by atoms with E-state index in [1.54, 1.807) is 0 Å². The SMILES string of the molecule is CCNC(=NCC1CN2CCCC2CO1)N1CCN(c2ccccn2)CC1.I. The summed E-state index contributed by atoms with van der Waals surface area (Å²) >= 11 is 0. The van der Waals surface area contributed by atoms with Gasteiger partial charge in [-0.1, -0.05) is 6.07 Å². The van der Waals surface area contributed by atoms with E-state index in [1.165, 1.54) is 19.4 Å². The van der Waals surface area contributed by atoms with Gasteiger partial charge >= 0.3 is 0 Å². The Morgan fingerprint density at radius 3 is 2.86 bits per heavy atom. The molecule has 28 heavy (non-hydrogen) atoms. The predicted molar refractivity (Wildman–Crippen MR) is 124 cm³/mol. The van der Waals surface area contributed by atoms with E-state index < -0.39 is 0 Å². The molecule has 2 unspecified atom stereocenters. The number of pyridine rings is 1. The van der Waals surface area contributed by atoms with Gasteiger partial charge in [-0.2, -0.15) is 0 Å². The Morgan fingerprint density at radius 2 is 2.11 bits per heavy atom. The Hall–Kier alpha value is -1.13. The molecule has 0 spiro atoms. The Balaban J connectivity index is 0.00000225. The molecule has 1 aromatic rings. The van der Waals surface area contributed by atoms with E-state index >= 15 is 0 Å². The molecular formula is C20H33IN6O. The largest absolute Gasteiger partial charge is 0.373 e. The molecule has 2 atom stereocenters. The molecule has 0 aromatic carbocycles. The van der Waals surface area contributed by atoms with Gasteiger partial charge in [0.25, 0.3) is 0 Å². The number of ether oxygens (including phenoxy) is 1. The van der Waals surface area contributed by atoms with E-state index in [-0.39, 0.29) is 30.1 Å². The lowest BCUT2D eigenvalue weighted by Crippen LogP contribution is -2.53. The van der Waals surface area contributed by atoms with Gasteiger partial charge in [-0.25, -0.2) is 4.98 Å². The summed E-state index contributed by atoms with van der Waals surface area (Å²) in [7, 11) is 0. The first-order valence-corrected chi connectivity index (χ1v) is 10.4. The standard InChI is InChI=1S/C20H32N6O.HI/c1-2-21-20(23-14-18-15-26-9-5-6-17(26)16-27-18)25-12-10-24(11-13-25)19-7-3-4-8-22-19;/h3-4,7-8,17-18H,2,5-6,9-16H2,1H3,(H,21,23);1H. The molecule has 0 saturated carbocycles. The van der Waals surface area contributed by atoms with Crippen LogP contribution in [0.15, 0.2) is 29.4 Å². The number of halogens is 1. The van der Waals surface area contributed by atoms with Crippen molar-refractivity contribution in [2.45, 2.75) is 31.9 Å². The minimum Gasteiger partial charge on any atom is -0.373 e. The second-order valence-corrected chi connectivity index (χ2v) is 7.60. The van der Waals surface area contributed by atoms with Crippen LogP contribution in [0, 0.1) is 0 Å². The lowest BCUT2D eigenvalue weighted by molar-refractivity contribution is -0.0432. The van der Waals surface area contributed by atoms with Gasteiger partial charge in [-0.15, -0.1) is 24.0 Å². The van der Waals surface area contributed by atoms with E-state index in [0.29, 0.717) is 6.04 Å². The monoisotopic (exact) mass is 500 g/mol. The summed E-state index contributed by atoms with van der Waals surface area (Å²) in [5, 5.41) is 3.47. The van der Waals surface area contributed by atoms with Gasteiger partial charge < -0.3 is 19.9 Å². The van der Waals surface area contributed by atoms with Crippen molar-refractivity contribution in [2.24, 2.45) is 4.99 Å². The quantitative estimate of drug-likeness (QED) is 0.386. The molecule has 0 bridgehead atoms. The van der Waals surface area contributed by atoms with Gasteiger partial charge in [0, 0.05) is 51.5 Å². The average molecular weight is 500 g/mol. The normalized spacial score (nSPS) is 26.0. The van der Waals surface area contributed by atoms with E-state index in [9.17, 15) is 0 Å². The maximum atomic E-state index is 6.07. The van der Waals surface area contributed by atoms with Crippen LogP contribution >= 0.6 is 24.0 Å². The molecule has 156 valence electrons. The van der Waals surface area contributed by atoms with Crippen molar-refractivity contribution in [2.75, 3.05) is 63.9 Å². The van der Waals surface area contributed by atoms with Crippen LogP contribution in [-0.4, -0.2) is 91.9 Å². The number of piperazine rings is 1. The number of fused-ring (bicyclic) bond motifs is 1. The van der Waals surface area contributed by atoms with Crippen LogP contribution in [0.5, 0.6) is 0 Å². The van der Waals surface area contributed by atoms with Crippen molar-refractivity contribution in [1.82, 2.24) is 20.1 Å². The zero-order valence-electron chi connectivity index (χ0n) is 16.8. The highest BCUT2D eigenvalue weighted by molar-refractivity contribution is 14.0. The summed E-state index contributed by atoms with van der Waals surface area (Å²) in [6.45, 7) is 10.7. The van der Waals surface area contributed by atoms with Gasteiger partial charge in [0.15, 0.2) is 5.96 Å². The number of nitrogens with one attached hydrogen (secondary N) is 1. The van der Waals surface area contributed by atoms with Gasteiger partial charge in [0.1, 0.15) is 5.82 Å². The fourth-order valence-corrected chi connectivity index (χ4v) is 4.30. The first-order chi connectivity index (χ1) is 13.3. The molecule has 8 heteroatoms. The molecule has 3 aliphatic heterocycles. The maximum absolute atomic E-state index is 6.07. The Labute approximate surface area is 185 Å². The second-order valence-electron chi connectivity index (χ2n) is 7.60. The summed E-state index contributed by atoms with van der Waals surface area (Å²) < 4.78 is 6.07. The highest BCUT2D eigenvalue weighted by atomic mass is 127. The Kier molecular flexibility index (Phi) is 8.16. The van der Waals surface area contributed by atoms with Gasteiger partial charge in [0.05, 0.1) is 19.3 Å². The van der Waals surface area contributed by atoms with E-state index in [2.05, 4.69) is 44.1 Å². The number of hydrogen-bond acceptors (Lipinski definition) is 5. The number of aliphatic imine (C=N–C) groups is 1. The average Bonchev–Trinajstić information content (AvgIpc) is 3.20. The third-order valence-electron chi connectivity index (χ3n) is 5.79. The van der Waals surface area contributed by atoms with Crippen LogP contribution in [-0.2, 0) is 4.74 Å². The smallest absolute Gasteiger partial charge is 0.194 e. The molecule has 0 aliphatic carbocycles. The number of hydrogen-bond donors (Lipinski definition) is 1. The lowest BCUT2D eigenvalue weighted by atomic mass is 10.2. The molecular weight excluding hydrogens is 467 g/mol. The third-order valence-corrected chi connectivity index (χ3v) is 5.79. The fraction of sp³-hybridized carbons (Fsp3) is 0.700. The summed E-state index contributed by atoms with van der Waals surface area (Å²) in [5.41, 5.74) is 0. The van der Waals surface area contributed by atoms with Crippen molar-refractivity contribution >= 4 is 35.8 Å². The zero-order chi connectivity index (χ0) is 18.5.